The molecule has 0 aliphatic heterocycles. The van der Waals surface area contributed by atoms with Gasteiger partial charge in [-0.2, -0.15) is 5.26 Å². The topological polar surface area (TPSA) is 61.1 Å². The fraction of sp³-hybridized carbons (Fsp3) is 0.500. The molecule has 1 aromatic rings. The zero-order chi connectivity index (χ0) is 20.1. The number of rotatable bonds is 6. The summed E-state index contributed by atoms with van der Waals surface area (Å²) in [6.07, 6.45) is 12.1. The fourth-order valence-corrected chi connectivity index (χ4v) is 4.95. The van der Waals surface area contributed by atoms with Crippen molar-refractivity contribution >= 4 is 5.97 Å². The Hall–Kier alpha value is -2.41. The van der Waals surface area contributed by atoms with E-state index in [0.29, 0.717) is 17.0 Å². The minimum atomic E-state index is -1.06. The van der Waals surface area contributed by atoms with Crippen molar-refractivity contribution in [1.82, 2.24) is 0 Å². The summed E-state index contributed by atoms with van der Waals surface area (Å²) < 4.78 is 15.6. The molecule has 0 spiro atoms. The highest BCUT2D eigenvalue weighted by Crippen LogP contribution is 2.51. The van der Waals surface area contributed by atoms with Crippen LogP contribution in [0.25, 0.3) is 0 Å². The normalized spacial score (nSPS) is 29.8. The molecule has 0 aromatic heterocycles. The quantitative estimate of drug-likeness (QED) is 0.623. The zero-order valence-corrected chi connectivity index (χ0v) is 16.4. The molecule has 2 atom stereocenters. The number of halogens is 1. The van der Waals surface area contributed by atoms with Gasteiger partial charge in [0, 0.05) is 0 Å². The van der Waals surface area contributed by atoms with Gasteiger partial charge < -0.3 is 5.11 Å². The van der Waals surface area contributed by atoms with Crippen molar-refractivity contribution < 1.29 is 14.3 Å². The summed E-state index contributed by atoms with van der Waals surface area (Å²) in [5.41, 5.74) is 0.0782. The average Bonchev–Trinajstić information content (AvgIpc) is 2.72. The molecular formula is C24H28FNO2. The molecule has 2 aliphatic rings. The maximum Gasteiger partial charge on any atom is 0.314 e. The summed E-state index contributed by atoms with van der Waals surface area (Å²) in [7, 11) is 0. The van der Waals surface area contributed by atoms with Crippen LogP contribution in [0.4, 0.5) is 4.39 Å². The Morgan fingerprint density at radius 2 is 2.00 bits per heavy atom. The second kappa shape index (κ2) is 8.73. The largest absolute Gasteiger partial charge is 0.481 e. The average molecular weight is 381 g/mol. The van der Waals surface area contributed by atoms with Gasteiger partial charge in [0.2, 0.25) is 0 Å². The number of aliphatic carboxylic acids is 1. The Balaban J connectivity index is 1.98. The Morgan fingerprint density at radius 3 is 2.61 bits per heavy atom. The maximum absolute atomic E-state index is 15.6. The lowest BCUT2D eigenvalue weighted by Gasteiger charge is -2.43. The standard InChI is InChI=1S/C24H28FNO2/c1-2-3-6-17-9-11-20(12-10-17)24(21-8-5-4-7-19(21)16-26)14-13-18(23(27)28)15-22(24)25/h4-5,7-8,13-15,17-18,20H,2-3,6,9-12H2,1H3,(H,27,28). The third kappa shape index (κ3) is 3.76. The van der Waals surface area contributed by atoms with Crippen LogP contribution in [0.5, 0.6) is 0 Å². The maximum atomic E-state index is 15.6. The molecule has 3 rings (SSSR count). The zero-order valence-electron chi connectivity index (χ0n) is 16.4. The second-order valence-electron chi connectivity index (χ2n) is 8.12. The summed E-state index contributed by atoms with van der Waals surface area (Å²) in [6.45, 7) is 2.20. The molecule has 1 aromatic carbocycles. The molecule has 2 unspecified atom stereocenters. The molecule has 28 heavy (non-hydrogen) atoms. The second-order valence-corrected chi connectivity index (χ2v) is 8.12. The van der Waals surface area contributed by atoms with Crippen molar-refractivity contribution in [1.29, 1.82) is 5.26 Å². The van der Waals surface area contributed by atoms with Gasteiger partial charge in [0.25, 0.3) is 0 Å². The summed E-state index contributed by atoms with van der Waals surface area (Å²) in [6, 6.07) is 9.35. The van der Waals surface area contributed by atoms with E-state index in [1.165, 1.54) is 25.3 Å². The van der Waals surface area contributed by atoms with Crippen LogP contribution in [0.3, 0.4) is 0 Å². The molecule has 0 bridgehead atoms. The highest BCUT2D eigenvalue weighted by Gasteiger charge is 2.47. The van der Waals surface area contributed by atoms with Crippen LogP contribution in [-0.2, 0) is 10.2 Å². The predicted molar refractivity (Wildman–Crippen MR) is 107 cm³/mol. The van der Waals surface area contributed by atoms with Gasteiger partial charge >= 0.3 is 5.97 Å². The van der Waals surface area contributed by atoms with Gasteiger partial charge in [-0.25, -0.2) is 4.39 Å². The smallest absolute Gasteiger partial charge is 0.314 e. The minimum Gasteiger partial charge on any atom is -0.481 e. The number of nitriles is 1. The van der Waals surface area contributed by atoms with Crippen molar-refractivity contribution in [2.24, 2.45) is 17.8 Å². The molecule has 0 heterocycles. The fourth-order valence-electron chi connectivity index (χ4n) is 4.95. The van der Waals surface area contributed by atoms with Gasteiger partial charge in [0.05, 0.1) is 23.0 Å². The molecule has 0 radical (unpaired) electrons. The molecule has 148 valence electrons. The SMILES string of the molecule is CCCCC1CCC(C2(c3ccccc3C#N)C=CC(C(=O)O)C=C2F)CC1. The van der Waals surface area contributed by atoms with E-state index < -0.39 is 23.1 Å². The van der Waals surface area contributed by atoms with Crippen LogP contribution >= 0.6 is 0 Å². The van der Waals surface area contributed by atoms with Crippen LogP contribution in [0.1, 0.15) is 63.0 Å². The minimum absolute atomic E-state index is 0.0297. The van der Waals surface area contributed by atoms with E-state index in [9.17, 15) is 15.2 Å². The number of benzene rings is 1. The van der Waals surface area contributed by atoms with Gasteiger partial charge in [0.15, 0.2) is 0 Å². The van der Waals surface area contributed by atoms with Crippen molar-refractivity contribution in [3.05, 3.63) is 59.4 Å². The number of hydrogen-bond acceptors (Lipinski definition) is 2. The Morgan fingerprint density at radius 1 is 1.29 bits per heavy atom. The van der Waals surface area contributed by atoms with E-state index in [1.807, 2.05) is 12.1 Å². The number of allylic oxidation sites excluding steroid dienone is 2. The molecule has 0 amide bonds. The van der Waals surface area contributed by atoms with E-state index in [2.05, 4.69) is 13.0 Å². The molecule has 4 heteroatoms. The molecule has 1 saturated carbocycles. The first kappa shape index (κ1) is 20.3. The number of hydrogen-bond donors (Lipinski definition) is 1. The van der Waals surface area contributed by atoms with E-state index in [0.717, 1.165) is 25.7 Å². The highest BCUT2D eigenvalue weighted by molar-refractivity contribution is 5.75. The Bertz CT molecular complexity index is 814. The number of unbranched alkanes of at least 4 members (excludes halogenated alkanes) is 1. The summed E-state index contributed by atoms with van der Waals surface area (Å²) >= 11 is 0. The van der Waals surface area contributed by atoms with Crippen LogP contribution < -0.4 is 0 Å². The van der Waals surface area contributed by atoms with Crippen LogP contribution in [0, 0.1) is 29.1 Å². The molecule has 1 fully saturated rings. The number of carbonyl (C=O) groups is 1. The van der Waals surface area contributed by atoms with Crippen molar-refractivity contribution in [2.45, 2.75) is 57.3 Å². The number of carboxylic acids is 1. The molecule has 3 nitrogen and oxygen atoms in total. The lowest BCUT2D eigenvalue weighted by atomic mass is 9.60. The summed E-state index contributed by atoms with van der Waals surface area (Å²) in [5, 5.41) is 18.9. The van der Waals surface area contributed by atoms with Gasteiger partial charge in [-0.3, -0.25) is 4.79 Å². The first-order chi connectivity index (χ1) is 13.5. The highest BCUT2D eigenvalue weighted by atomic mass is 19.1. The van der Waals surface area contributed by atoms with Crippen molar-refractivity contribution in [3.8, 4) is 6.07 Å². The molecule has 1 N–H and O–H groups in total. The van der Waals surface area contributed by atoms with Crippen LogP contribution in [-0.4, -0.2) is 11.1 Å². The summed E-state index contributed by atoms with van der Waals surface area (Å²) in [5.74, 6) is -1.73. The number of carboxylic acid groups (broad SMARTS) is 1. The van der Waals surface area contributed by atoms with Gasteiger partial charge in [-0.05, 0) is 42.4 Å². The first-order valence-corrected chi connectivity index (χ1v) is 10.3. The summed E-state index contributed by atoms with van der Waals surface area (Å²) in [4.78, 5) is 11.4. The van der Waals surface area contributed by atoms with E-state index in [1.54, 1.807) is 24.3 Å². The predicted octanol–water partition coefficient (Wildman–Crippen LogP) is 5.92. The van der Waals surface area contributed by atoms with Crippen molar-refractivity contribution in [3.63, 3.8) is 0 Å². The van der Waals surface area contributed by atoms with E-state index >= 15 is 4.39 Å². The van der Waals surface area contributed by atoms with Gasteiger partial charge in [0.1, 0.15) is 5.83 Å². The number of nitrogens with zero attached hydrogens (tertiary/aromatic N) is 1. The lowest BCUT2D eigenvalue weighted by molar-refractivity contribution is -0.138. The molecular weight excluding hydrogens is 353 g/mol. The first-order valence-electron chi connectivity index (χ1n) is 10.3. The van der Waals surface area contributed by atoms with Gasteiger partial charge in [-0.1, -0.05) is 69.4 Å². The van der Waals surface area contributed by atoms with Crippen LogP contribution in [0.15, 0.2) is 48.3 Å². The third-order valence-corrected chi connectivity index (χ3v) is 6.52. The molecule has 2 aliphatic carbocycles. The monoisotopic (exact) mass is 381 g/mol. The Labute approximate surface area is 166 Å². The lowest BCUT2D eigenvalue weighted by Crippen LogP contribution is -2.39. The van der Waals surface area contributed by atoms with Crippen molar-refractivity contribution in [2.75, 3.05) is 0 Å². The molecule has 0 saturated heterocycles. The Kier molecular flexibility index (Phi) is 6.34. The van der Waals surface area contributed by atoms with Crippen LogP contribution in [0.2, 0.25) is 0 Å². The van der Waals surface area contributed by atoms with Gasteiger partial charge in [-0.15, -0.1) is 0 Å². The van der Waals surface area contributed by atoms with E-state index in [-0.39, 0.29) is 5.92 Å². The van der Waals surface area contributed by atoms with E-state index in [4.69, 9.17) is 0 Å². The third-order valence-electron chi connectivity index (χ3n) is 6.52.